The molecular weight excluding hydrogens is 787 g/mol. The summed E-state index contributed by atoms with van der Waals surface area (Å²) in [6.07, 6.45) is -0.307. The Labute approximate surface area is 282 Å². The van der Waals surface area contributed by atoms with Crippen LogP contribution in [0.25, 0.3) is 10.8 Å². The van der Waals surface area contributed by atoms with E-state index in [9.17, 15) is 18.8 Å². The van der Waals surface area contributed by atoms with Crippen LogP contribution < -0.4 is 5.32 Å². The SMILES string of the molecule is CN(C(=O)NCc1ccc(I)c(I)c1)N1CC(=O)N2[C@@H](Cc3ccc(F)cc3)C(=O)N(Cc3cccc4ccccc34)C[C@@H]21. The van der Waals surface area contributed by atoms with Gasteiger partial charge in [0.15, 0.2) is 0 Å². The third kappa shape index (κ3) is 6.26. The largest absolute Gasteiger partial charge is 0.333 e. The third-order valence-corrected chi connectivity index (χ3v) is 11.1. The molecule has 2 atom stereocenters. The Bertz CT molecular complexity index is 1730. The highest BCUT2D eigenvalue weighted by atomic mass is 127. The molecule has 0 bridgehead atoms. The Hall–Kier alpha value is -3.30. The number of hydrogen-bond donors (Lipinski definition) is 1. The van der Waals surface area contributed by atoms with E-state index in [1.54, 1.807) is 34.0 Å². The molecule has 44 heavy (non-hydrogen) atoms. The maximum atomic E-state index is 14.1. The van der Waals surface area contributed by atoms with Crippen molar-refractivity contribution in [1.82, 2.24) is 25.1 Å². The highest BCUT2D eigenvalue weighted by Crippen LogP contribution is 2.31. The zero-order chi connectivity index (χ0) is 31.0. The van der Waals surface area contributed by atoms with Gasteiger partial charge in [-0.15, -0.1) is 0 Å². The van der Waals surface area contributed by atoms with Crippen molar-refractivity contribution in [2.45, 2.75) is 31.7 Å². The van der Waals surface area contributed by atoms with E-state index in [1.165, 1.54) is 17.1 Å². The first-order valence-electron chi connectivity index (χ1n) is 14.2. The molecule has 0 radical (unpaired) electrons. The molecule has 0 spiro atoms. The number of nitrogens with one attached hydrogen (secondary N) is 1. The molecule has 0 aliphatic carbocycles. The fraction of sp³-hybridized carbons (Fsp3) is 0.242. The van der Waals surface area contributed by atoms with Crippen molar-refractivity contribution in [3.05, 3.63) is 115 Å². The van der Waals surface area contributed by atoms with Crippen LogP contribution in [0.5, 0.6) is 0 Å². The highest BCUT2D eigenvalue weighted by molar-refractivity contribution is 14.1. The summed E-state index contributed by atoms with van der Waals surface area (Å²) in [6, 6.07) is 25.0. The van der Waals surface area contributed by atoms with Crippen molar-refractivity contribution in [3.8, 4) is 0 Å². The molecule has 2 aliphatic rings. The van der Waals surface area contributed by atoms with Gasteiger partial charge in [0.1, 0.15) is 18.0 Å². The third-order valence-electron chi connectivity index (χ3n) is 8.26. The summed E-state index contributed by atoms with van der Waals surface area (Å²) in [5, 5.41) is 8.28. The van der Waals surface area contributed by atoms with Crippen molar-refractivity contribution in [1.29, 1.82) is 0 Å². The number of rotatable bonds is 7. The molecule has 2 fully saturated rings. The number of fused-ring (bicyclic) bond motifs is 2. The Kier molecular flexibility index (Phi) is 9.06. The van der Waals surface area contributed by atoms with Gasteiger partial charge in [0.2, 0.25) is 11.8 Å². The number of hydrazine groups is 1. The predicted molar refractivity (Wildman–Crippen MR) is 182 cm³/mol. The Morgan fingerprint density at radius 2 is 1.68 bits per heavy atom. The Morgan fingerprint density at radius 1 is 0.955 bits per heavy atom. The lowest BCUT2D eigenvalue weighted by Gasteiger charge is -2.46. The van der Waals surface area contributed by atoms with Gasteiger partial charge in [-0.3, -0.25) is 14.6 Å². The smallest absolute Gasteiger partial charge is 0.332 e. The monoisotopic (exact) mass is 817 g/mol. The maximum absolute atomic E-state index is 14.1. The molecule has 0 saturated carbocycles. The van der Waals surface area contributed by atoms with Crippen LogP contribution in [0.15, 0.2) is 84.9 Å². The van der Waals surface area contributed by atoms with E-state index in [0.29, 0.717) is 13.1 Å². The van der Waals surface area contributed by atoms with Crippen LogP contribution in [0.1, 0.15) is 16.7 Å². The molecule has 4 aromatic rings. The maximum Gasteiger partial charge on any atom is 0.332 e. The van der Waals surface area contributed by atoms with Gasteiger partial charge in [0.25, 0.3) is 0 Å². The first-order valence-corrected chi connectivity index (χ1v) is 16.4. The lowest BCUT2D eigenvalue weighted by molar-refractivity contribution is -0.157. The van der Waals surface area contributed by atoms with Crippen molar-refractivity contribution in [2.75, 3.05) is 20.1 Å². The van der Waals surface area contributed by atoms with Crippen molar-refractivity contribution < 1.29 is 18.8 Å². The summed E-state index contributed by atoms with van der Waals surface area (Å²) >= 11 is 4.54. The average Bonchev–Trinajstić information content (AvgIpc) is 3.35. The van der Waals surface area contributed by atoms with Gasteiger partial charge in [-0.05, 0) is 96.9 Å². The van der Waals surface area contributed by atoms with Crippen LogP contribution in [0.4, 0.5) is 9.18 Å². The second kappa shape index (κ2) is 13.0. The molecule has 226 valence electrons. The van der Waals surface area contributed by atoms with Crippen molar-refractivity contribution in [3.63, 3.8) is 0 Å². The quantitative estimate of drug-likeness (QED) is 0.255. The number of amides is 4. The van der Waals surface area contributed by atoms with Gasteiger partial charge in [-0.25, -0.2) is 9.18 Å². The van der Waals surface area contributed by atoms with Crippen LogP contribution in [-0.2, 0) is 29.1 Å². The van der Waals surface area contributed by atoms with E-state index in [4.69, 9.17) is 0 Å². The van der Waals surface area contributed by atoms with E-state index in [2.05, 4.69) is 50.5 Å². The van der Waals surface area contributed by atoms with Crippen molar-refractivity contribution in [2.24, 2.45) is 0 Å². The molecule has 11 heteroatoms. The molecule has 0 aromatic heterocycles. The summed E-state index contributed by atoms with van der Waals surface area (Å²) in [5.74, 6) is -0.767. The summed E-state index contributed by atoms with van der Waals surface area (Å²) in [4.78, 5) is 44.4. The molecule has 0 unspecified atom stereocenters. The fourth-order valence-electron chi connectivity index (χ4n) is 5.99. The summed E-state index contributed by atoms with van der Waals surface area (Å²) in [5.41, 5.74) is 2.72. The zero-order valence-corrected chi connectivity index (χ0v) is 28.2. The zero-order valence-electron chi connectivity index (χ0n) is 23.9. The molecule has 4 aromatic carbocycles. The van der Waals surface area contributed by atoms with Gasteiger partial charge in [-0.1, -0.05) is 60.7 Å². The van der Waals surface area contributed by atoms with Gasteiger partial charge in [0, 0.05) is 33.7 Å². The van der Waals surface area contributed by atoms with Gasteiger partial charge >= 0.3 is 6.03 Å². The van der Waals surface area contributed by atoms with Crippen LogP contribution in [-0.4, -0.2) is 70.0 Å². The lowest BCUT2D eigenvalue weighted by atomic mass is 9.99. The van der Waals surface area contributed by atoms with Crippen LogP contribution in [0, 0.1) is 13.0 Å². The number of hydrogen-bond acceptors (Lipinski definition) is 4. The lowest BCUT2D eigenvalue weighted by Crippen LogP contribution is -2.65. The van der Waals surface area contributed by atoms with E-state index >= 15 is 0 Å². The van der Waals surface area contributed by atoms with E-state index in [0.717, 1.165) is 34.6 Å². The minimum Gasteiger partial charge on any atom is -0.333 e. The number of benzene rings is 4. The summed E-state index contributed by atoms with van der Waals surface area (Å²) in [6.45, 7) is 0.894. The standard InChI is InChI=1S/C33H30FI2N5O3/c1-38(33(44)37-17-22-11-14-27(35)28(36)15-22)40-20-31(42)41-29(16-21-9-12-25(34)13-10-21)32(43)39(19-30(40)41)18-24-7-4-6-23-5-2-3-8-26(23)24/h2-15,29-30H,16-20H2,1H3,(H,37,44)/t29-,30+/m0/s1. The number of carbonyl (C=O) groups excluding carboxylic acids is 3. The molecule has 8 nitrogen and oxygen atoms in total. The molecule has 2 saturated heterocycles. The van der Waals surface area contributed by atoms with Gasteiger partial charge < -0.3 is 15.1 Å². The first-order chi connectivity index (χ1) is 21.2. The Morgan fingerprint density at radius 3 is 2.45 bits per heavy atom. The molecule has 4 amide bonds. The molecule has 6 rings (SSSR count). The first kappa shape index (κ1) is 30.7. The summed E-state index contributed by atoms with van der Waals surface area (Å²) in [7, 11) is 1.64. The number of nitrogens with zero attached hydrogens (tertiary/aromatic N) is 4. The molecule has 2 aliphatic heterocycles. The van der Waals surface area contributed by atoms with E-state index < -0.39 is 12.2 Å². The Balaban J connectivity index is 1.27. The molecular formula is C33H30FI2N5O3. The van der Waals surface area contributed by atoms with E-state index in [-0.39, 0.29) is 43.2 Å². The number of urea groups is 1. The second-order valence-corrected chi connectivity index (χ2v) is 13.3. The van der Waals surface area contributed by atoms with E-state index in [1.807, 2.05) is 60.7 Å². The second-order valence-electron chi connectivity index (χ2n) is 11.0. The van der Waals surface area contributed by atoms with Crippen LogP contribution >= 0.6 is 45.2 Å². The topological polar surface area (TPSA) is 76.2 Å². The predicted octanol–water partition coefficient (Wildman–Crippen LogP) is 5.37. The number of halogens is 3. The van der Waals surface area contributed by atoms with Gasteiger partial charge in [-0.2, -0.15) is 5.01 Å². The van der Waals surface area contributed by atoms with Crippen LogP contribution in [0.2, 0.25) is 0 Å². The number of carbonyl (C=O) groups is 3. The van der Waals surface area contributed by atoms with Gasteiger partial charge in [0.05, 0.1) is 13.1 Å². The normalized spacial score (nSPS) is 18.5. The van der Waals surface area contributed by atoms with Crippen LogP contribution in [0.3, 0.4) is 0 Å². The highest BCUT2D eigenvalue weighted by Gasteiger charge is 2.51. The molecule has 2 heterocycles. The average molecular weight is 817 g/mol. The minimum absolute atomic E-state index is 0.0364. The van der Waals surface area contributed by atoms with Crippen molar-refractivity contribution >= 4 is 73.8 Å². The fourth-order valence-corrected chi connectivity index (χ4v) is 6.90. The minimum atomic E-state index is -0.794. The molecule has 1 N–H and O–H groups in total. The number of piperazine rings is 1. The summed E-state index contributed by atoms with van der Waals surface area (Å²) < 4.78 is 15.9.